The van der Waals surface area contributed by atoms with Gasteiger partial charge in [0.1, 0.15) is 11.2 Å². The van der Waals surface area contributed by atoms with Crippen LogP contribution in [0.4, 0.5) is 17.1 Å². The molecule has 0 saturated carbocycles. The molecular formula is C52H32N2O2. The molecule has 1 aliphatic rings. The minimum atomic E-state index is 0.866. The number of ether oxygens (including phenoxy) is 1. The number of furan rings is 1. The zero-order chi connectivity index (χ0) is 36.7. The van der Waals surface area contributed by atoms with Crippen molar-refractivity contribution in [3.05, 3.63) is 194 Å². The Balaban J connectivity index is 1.05. The van der Waals surface area contributed by atoms with Gasteiger partial charge < -0.3 is 18.6 Å². The topological polar surface area (TPSA) is 30.5 Å². The van der Waals surface area contributed by atoms with E-state index in [0.29, 0.717) is 0 Å². The number of nitrogens with zero attached hydrogens (tertiary/aromatic N) is 2. The average molecular weight is 717 g/mol. The molecular weight excluding hydrogens is 685 g/mol. The van der Waals surface area contributed by atoms with E-state index in [1.807, 2.05) is 24.3 Å². The summed E-state index contributed by atoms with van der Waals surface area (Å²) in [6.45, 7) is 0. The Labute approximate surface area is 322 Å². The monoisotopic (exact) mass is 716 g/mol. The van der Waals surface area contributed by atoms with Crippen LogP contribution >= 0.6 is 0 Å². The van der Waals surface area contributed by atoms with Crippen LogP contribution in [0.3, 0.4) is 0 Å². The predicted molar refractivity (Wildman–Crippen MR) is 231 cm³/mol. The first kappa shape index (κ1) is 30.9. The Hall–Kier alpha value is -7.56. The van der Waals surface area contributed by atoms with Gasteiger partial charge in [-0.15, -0.1) is 0 Å². The maximum absolute atomic E-state index is 6.44. The van der Waals surface area contributed by atoms with E-state index in [9.17, 15) is 0 Å². The molecule has 1 aliphatic heterocycles. The molecule has 9 aromatic carbocycles. The van der Waals surface area contributed by atoms with Crippen LogP contribution in [-0.2, 0) is 0 Å². The highest BCUT2D eigenvalue weighted by atomic mass is 16.5. The van der Waals surface area contributed by atoms with Crippen LogP contribution in [0.15, 0.2) is 199 Å². The fraction of sp³-hybridized carbons (Fsp3) is 0. The molecule has 0 spiro atoms. The Morgan fingerprint density at radius 3 is 2.04 bits per heavy atom. The molecule has 12 rings (SSSR count). The van der Waals surface area contributed by atoms with Gasteiger partial charge >= 0.3 is 0 Å². The van der Waals surface area contributed by atoms with Crippen LogP contribution < -0.4 is 9.64 Å². The first-order valence-corrected chi connectivity index (χ1v) is 19.0. The van der Waals surface area contributed by atoms with Gasteiger partial charge in [0, 0.05) is 43.7 Å². The van der Waals surface area contributed by atoms with Crippen LogP contribution in [0.2, 0.25) is 0 Å². The van der Waals surface area contributed by atoms with Crippen LogP contribution in [0.5, 0.6) is 11.5 Å². The van der Waals surface area contributed by atoms with Crippen molar-refractivity contribution in [1.29, 1.82) is 0 Å². The lowest BCUT2D eigenvalue weighted by Crippen LogP contribution is -2.11. The second-order valence-corrected chi connectivity index (χ2v) is 14.5. The SMILES string of the molecule is c1ccc2c(c1)Oc1cccc3c4cc(-c5ccccc5N(c5ccc(-c6cccc7c6oc6ccccc67)cc5)c5cccc6ccccc56)ccc4n-2c13. The molecule has 3 heterocycles. The summed E-state index contributed by atoms with van der Waals surface area (Å²) in [5, 5.41) is 7.00. The molecule has 56 heavy (non-hydrogen) atoms. The molecule has 2 aromatic heterocycles. The number of rotatable bonds is 5. The van der Waals surface area contributed by atoms with Gasteiger partial charge in [0.25, 0.3) is 0 Å². The van der Waals surface area contributed by atoms with Crippen molar-refractivity contribution in [2.45, 2.75) is 0 Å². The zero-order valence-corrected chi connectivity index (χ0v) is 30.2. The lowest BCUT2D eigenvalue weighted by atomic mass is 9.98. The van der Waals surface area contributed by atoms with Crippen LogP contribution in [0.1, 0.15) is 0 Å². The summed E-state index contributed by atoms with van der Waals surface area (Å²) in [5.74, 6) is 1.74. The minimum Gasteiger partial charge on any atom is -0.455 e. The average Bonchev–Trinajstić information content (AvgIpc) is 3.81. The lowest BCUT2D eigenvalue weighted by Gasteiger charge is -2.29. The highest BCUT2D eigenvalue weighted by Gasteiger charge is 2.25. The molecule has 0 bridgehead atoms. The second kappa shape index (κ2) is 12.0. The molecule has 0 radical (unpaired) electrons. The van der Waals surface area contributed by atoms with Crippen molar-refractivity contribution in [2.75, 3.05) is 4.90 Å². The quantitative estimate of drug-likeness (QED) is 0.178. The number of fused-ring (bicyclic) bond motifs is 9. The Morgan fingerprint density at radius 1 is 0.429 bits per heavy atom. The molecule has 11 aromatic rings. The van der Waals surface area contributed by atoms with Gasteiger partial charge in [-0.2, -0.15) is 0 Å². The summed E-state index contributed by atoms with van der Waals surface area (Å²) >= 11 is 0. The van der Waals surface area contributed by atoms with Gasteiger partial charge in [-0.05, 0) is 77.2 Å². The van der Waals surface area contributed by atoms with Gasteiger partial charge in [-0.1, -0.05) is 133 Å². The highest BCUT2D eigenvalue weighted by molar-refractivity contribution is 6.14. The number of hydrogen-bond donors (Lipinski definition) is 0. The van der Waals surface area contributed by atoms with E-state index in [1.165, 1.54) is 21.5 Å². The van der Waals surface area contributed by atoms with Crippen molar-refractivity contribution < 1.29 is 9.15 Å². The van der Waals surface area contributed by atoms with Crippen molar-refractivity contribution >= 4 is 71.6 Å². The van der Waals surface area contributed by atoms with Gasteiger partial charge in [-0.25, -0.2) is 0 Å². The van der Waals surface area contributed by atoms with Crippen LogP contribution in [-0.4, -0.2) is 4.57 Å². The number of hydrogen-bond acceptors (Lipinski definition) is 3. The fourth-order valence-electron chi connectivity index (χ4n) is 8.87. The van der Waals surface area contributed by atoms with Gasteiger partial charge in [-0.3, -0.25) is 0 Å². The number of anilines is 3. The molecule has 0 amide bonds. The largest absolute Gasteiger partial charge is 0.455 e. The van der Waals surface area contributed by atoms with Crippen molar-refractivity contribution in [1.82, 2.24) is 4.57 Å². The molecule has 0 unspecified atom stereocenters. The first-order valence-electron chi connectivity index (χ1n) is 19.0. The second-order valence-electron chi connectivity index (χ2n) is 14.5. The normalized spacial score (nSPS) is 12.1. The molecule has 262 valence electrons. The lowest BCUT2D eigenvalue weighted by molar-refractivity contribution is 0.476. The highest BCUT2D eigenvalue weighted by Crippen LogP contribution is 2.48. The van der Waals surface area contributed by atoms with E-state index < -0.39 is 0 Å². The summed E-state index contributed by atoms with van der Waals surface area (Å²) in [6.07, 6.45) is 0. The molecule has 4 nitrogen and oxygen atoms in total. The Bertz CT molecular complexity index is 3350. The maximum Gasteiger partial charge on any atom is 0.152 e. The van der Waals surface area contributed by atoms with Crippen LogP contribution in [0, 0.1) is 0 Å². The van der Waals surface area contributed by atoms with E-state index in [2.05, 4.69) is 179 Å². The fourth-order valence-corrected chi connectivity index (χ4v) is 8.87. The minimum absolute atomic E-state index is 0.866. The third kappa shape index (κ3) is 4.53. The van der Waals surface area contributed by atoms with Crippen molar-refractivity contribution in [3.63, 3.8) is 0 Å². The van der Waals surface area contributed by atoms with Gasteiger partial charge in [0.05, 0.1) is 28.1 Å². The first-order chi connectivity index (χ1) is 27.8. The maximum atomic E-state index is 6.44. The zero-order valence-electron chi connectivity index (χ0n) is 30.2. The predicted octanol–water partition coefficient (Wildman–Crippen LogP) is 14.7. The number of para-hydroxylation sites is 6. The molecule has 0 saturated heterocycles. The van der Waals surface area contributed by atoms with E-state index in [-0.39, 0.29) is 0 Å². The van der Waals surface area contributed by atoms with E-state index in [4.69, 9.17) is 9.15 Å². The van der Waals surface area contributed by atoms with Crippen molar-refractivity contribution in [2.24, 2.45) is 0 Å². The summed E-state index contributed by atoms with van der Waals surface area (Å²) in [5.41, 5.74) is 12.9. The Morgan fingerprint density at radius 2 is 1.09 bits per heavy atom. The van der Waals surface area contributed by atoms with E-state index in [0.717, 1.165) is 89.5 Å². The smallest absolute Gasteiger partial charge is 0.152 e. The summed E-state index contributed by atoms with van der Waals surface area (Å²) in [7, 11) is 0. The third-order valence-electron chi connectivity index (χ3n) is 11.4. The number of aromatic nitrogens is 1. The molecule has 0 N–H and O–H groups in total. The van der Waals surface area contributed by atoms with E-state index >= 15 is 0 Å². The van der Waals surface area contributed by atoms with Gasteiger partial charge in [0.2, 0.25) is 0 Å². The molecule has 0 fully saturated rings. The van der Waals surface area contributed by atoms with E-state index in [1.54, 1.807) is 0 Å². The summed E-state index contributed by atoms with van der Waals surface area (Å²) in [4.78, 5) is 2.41. The molecule has 4 heteroatoms. The van der Waals surface area contributed by atoms with Crippen LogP contribution in [0.25, 0.3) is 82.5 Å². The summed E-state index contributed by atoms with van der Waals surface area (Å²) < 4.78 is 15.2. The van der Waals surface area contributed by atoms with Gasteiger partial charge in [0.15, 0.2) is 11.5 Å². The molecule has 0 aliphatic carbocycles. The summed E-state index contributed by atoms with van der Waals surface area (Å²) in [6, 6.07) is 69.1. The van der Waals surface area contributed by atoms with Crippen molar-refractivity contribution in [3.8, 4) is 39.4 Å². The molecule has 0 atom stereocenters. The number of benzene rings is 9. The Kier molecular flexibility index (Phi) is 6.60. The third-order valence-corrected chi connectivity index (χ3v) is 11.4. The standard InChI is InChI=1S/C52H32N2O2/c1-2-14-37-33(12-1)13-9-22-45(37)53(36-29-26-34(27-30-36)39-17-10-19-42-40-16-4-7-23-48(40)56-52(39)42)44-20-5-3-15-38(44)35-28-31-46-43(32-35)41-18-11-25-50-51(41)54(46)47-21-6-8-24-49(47)55-50/h1-32H.